The van der Waals surface area contributed by atoms with Crippen LogP contribution >= 0.6 is 27.7 Å². The van der Waals surface area contributed by atoms with Gasteiger partial charge in [0.1, 0.15) is 5.65 Å². The number of benzene rings is 1. The molecule has 4 rings (SSSR count). The van der Waals surface area contributed by atoms with Crippen molar-refractivity contribution in [1.82, 2.24) is 18.9 Å². The number of rotatable bonds is 6. The van der Waals surface area contributed by atoms with Gasteiger partial charge in [0, 0.05) is 29.0 Å². The normalized spacial score (nSPS) is 11.3. The minimum Gasteiger partial charge on any atom is -0.462 e. The quantitative estimate of drug-likeness (QED) is 0.298. The lowest BCUT2D eigenvalue weighted by Gasteiger charge is -2.07. The zero-order valence-electron chi connectivity index (χ0n) is 16.5. The Balaban J connectivity index is 1.63. The first-order valence-corrected chi connectivity index (χ1v) is 11.3. The third-order valence-electron chi connectivity index (χ3n) is 4.57. The summed E-state index contributed by atoms with van der Waals surface area (Å²) in [5, 5.41) is 0.811. The molecule has 154 valence electrons. The molecule has 30 heavy (non-hydrogen) atoms. The molecule has 0 saturated carbocycles. The number of hydrogen-bond donors (Lipinski definition) is 0. The number of esters is 1. The fraction of sp³-hybridized carbons (Fsp3) is 0.238. The number of thioether (sulfide) groups is 1. The highest BCUT2D eigenvalue weighted by Gasteiger charge is 2.14. The van der Waals surface area contributed by atoms with E-state index in [1.54, 1.807) is 37.4 Å². The van der Waals surface area contributed by atoms with Gasteiger partial charge in [0.05, 0.1) is 28.9 Å². The zero-order chi connectivity index (χ0) is 21.3. The Hall–Kier alpha value is -2.65. The Morgan fingerprint density at radius 1 is 1.17 bits per heavy atom. The molecule has 4 aromatic rings. The van der Waals surface area contributed by atoms with Gasteiger partial charge in [-0.2, -0.15) is 0 Å². The molecule has 1 aromatic carbocycles. The molecule has 0 aliphatic rings. The molecular weight excluding hydrogens is 468 g/mol. The van der Waals surface area contributed by atoms with E-state index in [4.69, 9.17) is 9.72 Å². The minimum absolute atomic E-state index is 0.125. The number of nitrogens with zero attached hydrogens (tertiary/aromatic N) is 4. The topological polar surface area (TPSA) is 78.5 Å². The standard InChI is InChI=1S/C21H19BrN4O3S/c1-3-25-17-7-5-13(20(28)29-4-2)9-16(17)24-21(25)30-12-15-10-19(27)26-11-14(22)6-8-18(26)23-15/h5-11H,3-4,12H2,1-2H3. The molecule has 0 unspecified atom stereocenters. The van der Waals surface area contributed by atoms with E-state index in [2.05, 4.69) is 25.5 Å². The van der Waals surface area contributed by atoms with Crippen molar-refractivity contribution >= 4 is 50.3 Å². The minimum atomic E-state index is -0.355. The van der Waals surface area contributed by atoms with Crippen molar-refractivity contribution in [3.8, 4) is 0 Å². The molecule has 7 nitrogen and oxygen atoms in total. The van der Waals surface area contributed by atoms with Crippen molar-refractivity contribution in [3.05, 3.63) is 68.7 Å². The summed E-state index contributed by atoms with van der Waals surface area (Å²) in [4.78, 5) is 33.7. The summed E-state index contributed by atoms with van der Waals surface area (Å²) < 4.78 is 9.49. The molecule has 9 heteroatoms. The number of pyridine rings is 1. The molecule has 3 heterocycles. The molecule has 0 amide bonds. The molecule has 0 saturated heterocycles. The number of halogens is 1. The van der Waals surface area contributed by atoms with Crippen molar-refractivity contribution in [2.45, 2.75) is 31.3 Å². The van der Waals surface area contributed by atoms with E-state index >= 15 is 0 Å². The second-order valence-corrected chi connectivity index (χ2v) is 8.37. The summed E-state index contributed by atoms with van der Waals surface area (Å²) in [7, 11) is 0. The van der Waals surface area contributed by atoms with Crippen LogP contribution in [0.5, 0.6) is 0 Å². The second-order valence-electron chi connectivity index (χ2n) is 6.51. The van der Waals surface area contributed by atoms with E-state index < -0.39 is 0 Å². The first-order chi connectivity index (χ1) is 14.5. The average molecular weight is 487 g/mol. The largest absolute Gasteiger partial charge is 0.462 e. The van der Waals surface area contributed by atoms with Gasteiger partial charge in [-0.25, -0.2) is 14.8 Å². The van der Waals surface area contributed by atoms with Crippen LogP contribution < -0.4 is 5.56 Å². The predicted octanol–water partition coefficient (Wildman–Crippen LogP) is 4.30. The van der Waals surface area contributed by atoms with Crippen molar-refractivity contribution in [3.63, 3.8) is 0 Å². The molecular formula is C21H19BrN4O3S. The number of carbonyl (C=O) groups excluding carboxylic acids is 1. The molecule has 0 fully saturated rings. The van der Waals surface area contributed by atoms with Crippen LogP contribution in [0.3, 0.4) is 0 Å². The zero-order valence-corrected chi connectivity index (χ0v) is 18.9. The van der Waals surface area contributed by atoms with E-state index in [1.807, 2.05) is 19.1 Å². The molecule has 0 radical (unpaired) electrons. The number of aromatic nitrogens is 4. The Morgan fingerprint density at radius 2 is 2.00 bits per heavy atom. The van der Waals surface area contributed by atoms with Crippen LogP contribution in [0.15, 0.2) is 57.0 Å². The maximum absolute atomic E-state index is 12.4. The van der Waals surface area contributed by atoms with Crippen LogP contribution in [0.25, 0.3) is 16.7 Å². The van der Waals surface area contributed by atoms with Gasteiger partial charge in [-0.15, -0.1) is 0 Å². The summed E-state index contributed by atoms with van der Waals surface area (Å²) in [6.07, 6.45) is 1.71. The van der Waals surface area contributed by atoms with E-state index in [9.17, 15) is 9.59 Å². The Kier molecular flexibility index (Phi) is 5.92. The van der Waals surface area contributed by atoms with Crippen molar-refractivity contribution in [2.24, 2.45) is 0 Å². The Morgan fingerprint density at radius 3 is 2.77 bits per heavy atom. The number of hydrogen-bond acceptors (Lipinski definition) is 6. The number of carbonyl (C=O) groups is 1. The van der Waals surface area contributed by atoms with Gasteiger partial charge in [-0.3, -0.25) is 9.20 Å². The van der Waals surface area contributed by atoms with Crippen LogP contribution in [-0.4, -0.2) is 31.5 Å². The third-order valence-corrected chi connectivity index (χ3v) is 6.05. The summed E-state index contributed by atoms with van der Waals surface area (Å²) in [6.45, 7) is 4.89. The highest BCUT2D eigenvalue weighted by Crippen LogP contribution is 2.27. The summed E-state index contributed by atoms with van der Waals surface area (Å²) in [5.74, 6) is 0.155. The monoisotopic (exact) mass is 486 g/mol. The number of imidazole rings is 1. The van der Waals surface area contributed by atoms with Gasteiger partial charge in [-0.1, -0.05) is 11.8 Å². The highest BCUT2D eigenvalue weighted by molar-refractivity contribution is 9.10. The molecule has 0 spiro atoms. The Labute approximate surface area is 185 Å². The molecule has 0 N–H and O–H groups in total. The van der Waals surface area contributed by atoms with Gasteiger partial charge in [0.15, 0.2) is 5.16 Å². The second kappa shape index (κ2) is 8.61. The van der Waals surface area contributed by atoms with E-state index in [0.717, 1.165) is 27.2 Å². The fourth-order valence-corrected chi connectivity index (χ4v) is 4.51. The maximum atomic E-state index is 12.4. The average Bonchev–Trinajstić information content (AvgIpc) is 3.09. The van der Waals surface area contributed by atoms with Crippen LogP contribution in [0.1, 0.15) is 29.9 Å². The lowest BCUT2D eigenvalue weighted by Crippen LogP contribution is -2.15. The lowest BCUT2D eigenvalue weighted by molar-refractivity contribution is 0.0526. The van der Waals surface area contributed by atoms with E-state index in [0.29, 0.717) is 29.3 Å². The van der Waals surface area contributed by atoms with Gasteiger partial charge in [0.25, 0.3) is 5.56 Å². The summed E-state index contributed by atoms with van der Waals surface area (Å²) in [5.41, 5.74) is 3.33. The van der Waals surface area contributed by atoms with Gasteiger partial charge in [-0.05, 0) is 60.1 Å². The molecule has 3 aromatic heterocycles. The maximum Gasteiger partial charge on any atom is 0.338 e. The highest BCUT2D eigenvalue weighted by atomic mass is 79.9. The predicted molar refractivity (Wildman–Crippen MR) is 120 cm³/mol. The first-order valence-electron chi connectivity index (χ1n) is 9.48. The van der Waals surface area contributed by atoms with Crippen molar-refractivity contribution < 1.29 is 9.53 Å². The van der Waals surface area contributed by atoms with Crippen LogP contribution in [0.2, 0.25) is 0 Å². The van der Waals surface area contributed by atoms with E-state index in [-0.39, 0.29) is 11.5 Å². The molecule has 0 bridgehead atoms. The van der Waals surface area contributed by atoms with Gasteiger partial charge < -0.3 is 9.30 Å². The van der Waals surface area contributed by atoms with Crippen LogP contribution in [-0.2, 0) is 17.0 Å². The summed E-state index contributed by atoms with van der Waals surface area (Å²) in [6, 6.07) is 10.6. The number of aryl methyl sites for hydroxylation is 1. The molecule has 0 aliphatic carbocycles. The smallest absolute Gasteiger partial charge is 0.338 e. The van der Waals surface area contributed by atoms with Crippen LogP contribution in [0, 0.1) is 0 Å². The number of ether oxygens (including phenoxy) is 1. The lowest BCUT2D eigenvalue weighted by atomic mass is 10.2. The van der Waals surface area contributed by atoms with Gasteiger partial charge in [0.2, 0.25) is 0 Å². The van der Waals surface area contributed by atoms with Gasteiger partial charge >= 0.3 is 5.97 Å². The SMILES string of the molecule is CCOC(=O)c1ccc2c(c1)nc(SCc1cc(=O)n3cc(Br)ccc3n1)n2CC. The Bertz CT molecular complexity index is 1320. The number of fused-ring (bicyclic) bond motifs is 2. The van der Waals surface area contributed by atoms with Crippen molar-refractivity contribution in [1.29, 1.82) is 0 Å². The first kappa shape index (κ1) is 20.6. The van der Waals surface area contributed by atoms with Crippen molar-refractivity contribution in [2.75, 3.05) is 6.61 Å². The third kappa shape index (κ3) is 3.99. The summed E-state index contributed by atoms with van der Waals surface area (Å²) >= 11 is 4.88. The fourth-order valence-electron chi connectivity index (χ4n) is 3.20. The van der Waals surface area contributed by atoms with Crippen LogP contribution in [0.4, 0.5) is 0 Å². The molecule has 0 aliphatic heterocycles. The van der Waals surface area contributed by atoms with E-state index in [1.165, 1.54) is 16.2 Å². The molecule has 0 atom stereocenters.